The molecule has 0 amide bonds. The van der Waals surface area contributed by atoms with Crippen molar-refractivity contribution in [1.82, 2.24) is 0 Å². The van der Waals surface area contributed by atoms with Gasteiger partial charge in [-0.05, 0) is 6.07 Å². The van der Waals surface area contributed by atoms with Gasteiger partial charge in [0.15, 0.2) is 0 Å². The summed E-state index contributed by atoms with van der Waals surface area (Å²) in [5.74, 6) is -0.135. The molecule has 0 bridgehead atoms. The van der Waals surface area contributed by atoms with Crippen LogP contribution in [0.25, 0.3) is 0 Å². The number of ether oxygens (including phenoxy) is 1. The largest absolute Gasteiger partial charge is 0.492 e. The lowest BCUT2D eigenvalue weighted by Gasteiger charge is -2.08. The fraction of sp³-hybridized carbons (Fsp3) is 0.333. The van der Waals surface area contributed by atoms with Crippen molar-refractivity contribution in [1.29, 1.82) is 0 Å². The van der Waals surface area contributed by atoms with Gasteiger partial charge < -0.3 is 4.74 Å². The van der Waals surface area contributed by atoms with Crippen molar-refractivity contribution < 1.29 is 22.5 Å². The first kappa shape index (κ1) is 14.7. The van der Waals surface area contributed by atoms with Gasteiger partial charge in [-0.15, -0.1) is 0 Å². The smallest absolute Gasteiger partial charge is 0.271 e. The van der Waals surface area contributed by atoms with Crippen LogP contribution >= 0.6 is 10.7 Å². The van der Waals surface area contributed by atoms with Crippen LogP contribution < -0.4 is 4.74 Å². The predicted molar refractivity (Wildman–Crippen MR) is 62.2 cm³/mol. The molecule has 1 aromatic rings. The van der Waals surface area contributed by atoms with Crippen LogP contribution in [0, 0.1) is 10.1 Å². The zero-order chi connectivity index (χ0) is 13.8. The zero-order valence-corrected chi connectivity index (χ0v) is 10.6. The third-order valence-electron chi connectivity index (χ3n) is 1.94. The Bertz CT molecular complexity index is 548. The summed E-state index contributed by atoms with van der Waals surface area (Å²) < 4.78 is 39.4. The van der Waals surface area contributed by atoms with Crippen LogP contribution in [0.5, 0.6) is 5.75 Å². The number of nitrogens with zero attached hydrogens (tertiary/aromatic N) is 1. The van der Waals surface area contributed by atoms with Gasteiger partial charge in [0.05, 0.1) is 18.2 Å². The minimum atomic E-state index is -4.18. The highest BCUT2D eigenvalue weighted by Gasteiger charge is 2.21. The number of alkyl halides is 1. The van der Waals surface area contributed by atoms with Crippen molar-refractivity contribution in [2.45, 2.75) is 11.3 Å². The van der Waals surface area contributed by atoms with E-state index in [9.17, 15) is 22.9 Å². The Labute approximate surface area is 107 Å². The summed E-state index contributed by atoms with van der Waals surface area (Å²) in [5, 5.41) is 10.5. The molecule has 0 aromatic heterocycles. The molecule has 1 rings (SSSR count). The Kier molecular flexibility index (Phi) is 4.85. The van der Waals surface area contributed by atoms with E-state index in [0.717, 1.165) is 18.2 Å². The van der Waals surface area contributed by atoms with Crippen LogP contribution in [0.1, 0.15) is 6.42 Å². The Balaban J connectivity index is 3.14. The molecule has 0 aliphatic carbocycles. The molecule has 0 N–H and O–H groups in total. The lowest BCUT2D eigenvalue weighted by atomic mass is 10.3. The van der Waals surface area contributed by atoms with Crippen LogP contribution in [-0.2, 0) is 9.05 Å². The first-order chi connectivity index (χ1) is 8.36. The SMILES string of the molecule is O=[N+]([O-])c1ccc(OCCCF)c(S(=O)(=O)Cl)c1. The van der Waals surface area contributed by atoms with E-state index in [4.69, 9.17) is 15.4 Å². The molecule has 0 heterocycles. The predicted octanol–water partition coefficient (Wildman–Crippen LogP) is 2.26. The van der Waals surface area contributed by atoms with Crippen LogP contribution in [0.15, 0.2) is 23.1 Å². The zero-order valence-electron chi connectivity index (χ0n) is 9.01. The molecule has 0 fully saturated rings. The molecule has 100 valence electrons. The topological polar surface area (TPSA) is 86.5 Å². The number of nitro benzene ring substituents is 1. The first-order valence-corrected chi connectivity index (χ1v) is 7.09. The molecule has 1 aromatic carbocycles. The average molecular weight is 298 g/mol. The van der Waals surface area contributed by atoms with Crippen molar-refractivity contribution in [3.63, 3.8) is 0 Å². The van der Waals surface area contributed by atoms with Gasteiger partial charge >= 0.3 is 0 Å². The van der Waals surface area contributed by atoms with Crippen molar-refractivity contribution in [2.75, 3.05) is 13.3 Å². The van der Waals surface area contributed by atoms with E-state index in [1.807, 2.05) is 0 Å². The quantitative estimate of drug-likeness (QED) is 0.348. The average Bonchev–Trinajstić information content (AvgIpc) is 2.28. The number of halogens is 2. The minimum Gasteiger partial charge on any atom is -0.492 e. The van der Waals surface area contributed by atoms with Gasteiger partial charge in [0, 0.05) is 29.2 Å². The molecule has 0 unspecified atom stereocenters. The van der Waals surface area contributed by atoms with Gasteiger partial charge in [-0.2, -0.15) is 0 Å². The lowest BCUT2D eigenvalue weighted by Crippen LogP contribution is -2.03. The molecule has 0 saturated carbocycles. The summed E-state index contributed by atoms with van der Waals surface area (Å²) >= 11 is 0. The van der Waals surface area contributed by atoms with E-state index in [1.54, 1.807) is 0 Å². The summed E-state index contributed by atoms with van der Waals surface area (Å²) in [6, 6.07) is 3.00. The first-order valence-electron chi connectivity index (χ1n) is 4.78. The third-order valence-corrected chi connectivity index (χ3v) is 3.28. The van der Waals surface area contributed by atoms with Crippen molar-refractivity contribution >= 4 is 25.4 Å². The van der Waals surface area contributed by atoms with Crippen LogP contribution in [0.2, 0.25) is 0 Å². The molecule has 0 aliphatic heterocycles. The Morgan fingerprint density at radius 1 is 1.44 bits per heavy atom. The molecule has 6 nitrogen and oxygen atoms in total. The van der Waals surface area contributed by atoms with E-state index >= 15 is 0 Å². The molecule has 0 radical (unpaired) electrons. The van der Waals surface area contributed by atoms with Crippen LogP contribution in [0.3, 0.4) is 0 Å². The normalized spacial score (nSPS) is 11.2. The standard InChI is InChI=1S/C9H9ClFNO5S/c10-18(15,16)9-6-7(12(13)14)2-3-8(9)17-5-1-4-11/h2-3,6H,1,4-5H2. The maximum absolute atomic E-state index is 11.9. The summed E-state index contributed by atoms with van der Waals surface area (Å²) in [4.78, 5) is 9.27. The number of nitro groups is 1. The second-order valence-electron chi connectivity index (χ2n) is 3.22. The van der Waals surface area contributed by atoms with Gasteiger partial charge in [0.1, 0.15) is 10.6 Å². The fourth-order valence-corrected chi connectivity index (χ4v) is 2.15. The van der Waals surface area contributed by atoms with Crippen molar-refractivity contribution in [3.8, 4) is 5.75 Å². The molecule has 0 atom stereocenters. The fourth-order valence-electron chi connectivity index (χ4n) is 1.16. The van der Waals surface area contributed by atoms with E-state index in [2.05, 4.69) is 0 Å². The maximum atomic E-state index is 11.9. The van der Waals surface area contributed by atoms with E-state index in [1.165, 1.54) is 0 Å². The van der Waals surface area contributed by atoms with E-state index in [-0.39, 0.29) is 18.8 Å². The number of rotatable bonds is 6. The van der Waals surface area contributed by atoms with Crippen LogP contribution in [0.4, 0.5) is 10.1 Å². The number of non-ortho nitro benzene ring substituents is 1. The van der Waals surface area contributed by atoms with Gasteiger partial charge in [0.2, 0.25) is 0 Å². The van der Waals surface area contributed by atoms with E-state index < -0.39 is 31.2 Å². The lowest BCUT2D eigenvalue weighted by molar-refractivity contribution is -0.385. The molecule has 0 spiro atoms. The van der Waals surface area contributed by atoms with Gasteiger partial charge in [-0.25, -0.2) is 8.42 Å². The van der Waals surface area contributed by atoms with E-state index in [0.29, 0.717) is 0 Å². The molecule has 0 saturated heterocycles. The van der Waals surface area contributed by atoms with Crippen molar-refractivity contribution in [3.05, 3.63) is 28.3 Å². The second kappa shape index (κ2) is 5.96. The Morgan fingerprint density at radius 3 is 2.61 bits per heavy atom. The highest BCUT2D eigenvalue weighted by Crippen LogP contribution is 2.30. The summed E-state index contributed by atoms with van der Waals surface area (Å²) in [6.45, 7) is -0.663. The molecular weight excluding hydrogens is 289 g/mol. The number of hydrogen-bond donors (Lipinski definition) is 0. The van der Waals surface area contributed by atoms with Gasteiger partial charge in [-0.1, -0.05) is 0 Å². The monoisotopic (exact) mass is 297 g/mol. The second-order valence-corrected chi connectivity index (χ2v) is 5.75. The van der Waals surface area contributed by atoms with Crippen LogP contribution in [-0.4, -0.2) is 26.6 Å². The van der Waals surface area contributed by atoms with Crippen molar-refractivity contribution in [2.24, 2.45) is 0 Å². The molecule has 18 heavy (non-hydrogen) atoms. The molecular formula is C9H9ClFNO5S. The molecule has 0 aliphatic rings. The summed E-state index contributed by atoms with van der Waals surface area (Å²) in [7, 11) is 0.971. The summed E-state index contributed by atoms with van der Waals surface area (Å²) in [6.07, 6.45) is 0.0821. The number of hydrogen-bond acceptors (Lipinski definition) is 5. The van der Waals surface area contributed by atoms with Gasteiger partial charge in [-0.3, -0.25) is 14.5 Å². The Morgan fingerprint density at radius 2 is 2.11 bits per heavy atom. The Hall–Kier alpha value is -1.41. The summed E-state index contributed by atoms with van der Waals surface area (Å²) in [5.41, 5.74) is -0.424. The highest BCUT2D eigenvalue weighted by atomic mass is 35.7. The maximum Gasteiger partial charge on any atom is 0.271 e. The minimum absolute atomic E-state index is 0.0479. The highest BCUT2D eigenvalue weighted by molar-refractivity contribution is 8.13. The number of benzene rings is 1. The third kappa shape index (κ3) is 3.81. The van der Waals surface area contributed by atoms with Gasteiger partial charge in [0.25, 0.3) is 14.7 Å². The molecule has 9 heteroatoms.